The van der Waals surface area contributed by atoms with Gasteiger partial charge in [-0.05, 0) is 12.1 Å². The Hall–Kier alpha value is -3.91. The topological polar surface area (TPSA) is 290 Å². The van der Waals surface area contributed by atoms with Gasteiger partial charge in [-0.25, -0.2) is 0 Å². The molecule has 0 amide bonds. The molecule has 0 spiro atoms. The van der Waals surface area contributed by atoms with E-state index in [1.807, 2.05) is 0 Å². The van der Waals surface area contributed by atoms with Crippen molar-refractivity contribution in [1.29, 1.82) is 0 Å². The molecule has 0 saturated carbocycles. The van der Waals surface area contributed by atoms with E-state index < -0.39 is 120 Å². The number of hydrogen-bond donors (Lipinski definition) is 11. The van der Waals surface area contributed by atoms with Gasteiger partial charge in [-0.15, -0.1) is 0 Å². The van der Waals surface area contributed by atoms with Crippen molar-refractivity contribution < 1.29 is 79.5 Å². The van der Waals surface area contributed by atoms with Crippen LogP contribution in [0.1, 0.15) is 0 Å². The van der Waals surface area contributed by atoms with Crippen LogP contribution in [0.4, 0.5) is 0 Å². The first-order valence-corrected chi connectivity index (χ1v) is 12.7. The monoisotopic (exact) mass is 612 g/mol. The number of rotatable bonds is 6. The normalized spacial score (nSPS) is 31.3. The van der Waals surface area contributed by atoms with Crippen LogP contribution >= 0.6 is 0 Å². The molecular weight excluding hydrogens is 584 g/mol. The lowest BCUT2D eigenvalue weighted by molar-refractivity contribution is -0.345. The summed E-state index contributed by atoms with van der Waals surface area (Å²) in [6, 6.07) is 3.54. The highest BCUT2D eigenvalue weighted by Crippen LogP contribution is 2.43. The molecule has 9 atom stereocenters. The third-order valence-electron chi connectivity index (χ3n) is 7.05. The lowest BCUT2D eigenvalue weighted by atomic mass is 9.98. The Balaban J connectivity index is 1.64. The molecule has 2 aliphatic rings. The van der Waals surface area contributed by atoms with E-state index in [-0.39, 0.29) is 11.1 Å². The predicted octanol–water partition coefficient (Wildman–Crippen LogP) is -2.37. The maximum absolute atomic E-state index is 13.7. The Morgan fingerprint density at radius 1 is 0.814 bits per heavy atom. The van der Waals surface area contributed by atoms with E-state index in [4.69, 9.17) is 23.4 Å². The first-order chi connectivity index (χ1) is 20.3. The first-order valence-electron chi connectivity index (χ1n) is 12.7. The van der Waals surface area contributed by atoms with Crippen molar-refractivity contribution in [3.05, 3.63) is 34.5 Å². The minimum absolute atomic E-state index is 0.277. The molecular formula is C26H28O17. The van der Waals surface area contributed by atoms with Crippen molar-refractivity contribution in [3.63, 3.8) is 0 Å². The number of phenolic OH excluding ortho intramolecular Hbond substituents is 5. The Bertz CT molecular complexity index is 1530. The zero-order valence-corrected chi connectivity index (χ0v) is 21.8. The van der Waals surface area contributed by atoms with Crippen molar-refractivity contribution in [2.45, 2.75) is 55.3 Å². The van der Waals surface area contributed by atoms with E-state index in [2.05, 4.69) is 0 Å². The van der Waals surface area contributed by atoms with Gasteiger partial charge in [0.05, 0.1) is 13.2 Å². The standard InChI is InChI=1S/C26H28O17/c27-5-14-18(35)20(37)24(43-25-21(38)17(34)12(32)6-39-25)26(41-14)42-23-19(36)15-9(29)3-8(28)4-13(15)40-22(23)7-1-10(30)16(33)11(31)2-7/h1-4,12,14,17-18,20-21,24-35,37-38H,5-6H2/t12-,14+,17+,18+,20-,21+,24-,25+,26-/m0/s1. The molecule has 43 heavy (non-hydrogen) atoms. The fraction of sp³-hybridized carbons (Fsp3) is 0.423. The minimum atomic E-state index is -1.95. The third kappa shape index (κ3) is 5.49. The summed E-state index contributed by atoms with van der Waals surface area (Å²) in [6.45, 7) is -1.37. The van der Waals surface area contributed by atoms with Crippen LogP contribution in [0.5, 0.6) is 34.5 Å². The largest absolute Gasteiger partial charge is 0.508 e. The SMILES string of the molecule is O=c1c(O[C@@H]2O[C@H](CO)[C@@H](O)[C@H](O)[C@@H]2O[C@H]2OC[C@H](O)[C@@H](O)[C@H]2O)c(-c2cc(O)c(O)c(O)c2)oc2cc(O)cc(O)c12. The van der Waals surface area contributed by atoms with Crippen LogP contribution in [-0.4, -0.2) is 125 Å². The molecule has 0 aliphatic carbocycles. The molecule has 234 valence electrons. The molecule has 1 aromatic heterocycles. The summed E-state index contributed by atoms with van der Waals surface area (Å²) in [5, 5.41) is 111. The molecule has 0 radical (unpaired) electrons. The maximum Gasteiger partial charge on any atom is 0.239 e. The van der Waals surface area contributed by atoms with Crippen LogP contribution < -0.4 is 10.2 Å². The van der Waals surface area contributed by atoms with Crippen molar-refractivity contribution in [2.24, 2.45) is 0 Å². The maximum atomic E-state index is 13.7. The number of ether oxygens (including phenoxy) is 4. The number of fused-ring (bicyclic) bond motifs is 1. The molecule has 2 aromatic carbocycles. The van der Waals surface area contributed by atoms with Crippen LogP contribution in [0.25, 0.3) is 22.3 Å². The quantitative estimate of drug-likeness (QED) is 0.130. The number of aromatic hydroxyl groups is 5. The van der Waals surface area contributed by atoms with Crippen molar-refractivity contribution in [2.75, 3.05) is 13.2 Å². The molecule has 17 heteroatoms. The van der Waals surface area contributed by atoms with Crippen LogP contribution in [-0.2, 0) is 14.2 Å². The molecule has 3 heterocycles. The van der Waals surface area contributed by atoms with Gasteiger partial charge in [0.25, 0.3) is 0 Å². The summed E-state index contributed by atoms with van der Waals surface area (Å²) in [5.74, 6) is -5.23. The Kier molecular flexibility index (Phi) is 8.27. The Morgan fingerprint density at radius 2 is 1.49 bits per heavy atom. The number of hydrogen-bond acceptors (Lipinski definition) is 17. The third-order valence-corrected chi connectivity index (χ3v) is 7.05. The van der Waals surface area contributed by atoms with Crippen LogP contribution in [0.15, 0.2) is 33.5 Å². The van der Waals surface area contributed by atoms with Gasteiger partial charge in [0.1, 0.15) is 59.1 Å². The second-order valence-electron chi connectivity index (χ2n) is 9.97. The van der Waals surface area contributed by atoms with Gasteiger partial charge in [-0.3, -0.25) is 4.79 Å². The van der Waals surface area contributed by atoms with E-state index in [0.717, 1.165) is 24.3 Å². The van der Waals surface area contributed by atoms with E-state index in [1.54, 1.807) is 0 Å². The van der Waals surface area contributed by atoms with Crippen molar-refractivity contribution in [1.82, 2.24) is 0 Å². The average molecular weight is 612 g/mol. The lowest BCUT2D eigenvalue weighted by Gasteiger charge is -2.44. The van der Waals surface area contributed by atoms with Gasteiger partial charge in [-0.1, -0.05) is 0 Å². The van der Waals surface area contributed by atoms with Crippen LogP contribution in [0.3, 0.4) is 0 Å². The fourth-order valence-corrected chi connectivity index (χ4v) is 4.77. The second kappa shape index (κ2) is 11.6. The molecule has 5 rings (SSSR count). The molecule has 0 bridgehead atoms. The molecule has 17 nitrogen and oxygen atoms in total. The molecule has 2 aliphatic heterocycles. The van der Waals surface area contributed by atoms with Gasteiger partial charge in [0.15, 0.2) is 35.4 Å². The molecule has 2 fully saturated rings. The zero-order chi connectivity index (χ0) is 31.3. The lowest BCUT2D eigenvalue weighted by Crippen LogP contribution is -2.64. The zero-order valence-electron chi connectivity index (χ0n) is 21.8. The molecule has 0 unspecified atom stereocenters. The number of phenols is 5. The summed E-state index contributed by atoms with van der Waals surface area (Å²) in [6.07, 6.45) is -15.8. The van der Waals surface area contributed by atoms with Gasteiger partial charge >= 0.3 is 0 Å². The Morgan fingerprint density at radius 3 is 2.14 bits per heavy atom. The summed E-state index contributed by atoms with van der Waals surface area (Å²) in [4.78, 5) is 13.7. The van der Waals surface area contributed by atoms with E-state index in [1.165, 1.54) is 0 Å². The molecule has 11 N–H and O–H groups in total. The average Bonchev–Trinajstić information content (AvgIpc) is 2.95. The van der Waals surface area contributed by atoms with Crippen LogP contribution in [0, 0.1) is 0 Å². The summed E-state index contributed by atoms with van der Waals surface area (Å²) in [5.41, 5.74) is -1.78. The highest BCUT2D eigenvalue weighted by Gasteiger charge is 2.50. The van der Waals surface area contributed by atoms with E-state index in [0.29, 0.717) is 0 Å². The minimum Gasteiger partial charge on any atom is -0.508 e. The number of benzene rings is 2. The first kappa shape index (κ1) is 30.5. The van der Waals surface area contributed by atoms with Gasteiger partial charge in [0, 0.05) is 17.7 Å². The summed E-state index contributed by atoms with van der Waals surface area (Å²) >= 11 is 0. The van der Waals surface area contributed by atoms with E-state index in [9.17, 15) is 61.0 Å². The highest BCUT2D eigenvalue weighted by atomic mass is 16.8. The van der Waals surface area contributed by atoms with Gasteiger partial charge in [-0.2, -0.15) is 0 Å². The van der Waals surface area contributed by atoms with Gasteiger partial charge in [0.2, 0.25) is 17.5 Å². The van der Waals surface area contributed by atoms with E-state index >= 15 is 0 Å². The van der Waals surface area contributed by atoms with Crippen molar-refractivity contribution >= 4 is 11.0 Å². The molecule has 3 aromatic rings. The predicted molar refractivity (Wildman–Crippen MR) is 137 cm³/mol. The fourth-order valence-electron chi connectivity index (χ4n) is 4.77. The second-order valence-corrected chi connectivity index (χ2v) is 9.97. The Labute approximate surface area is 239 Å². The smallest absolute Gasteiger partial charge is 0.239 e. The van der Waals surface area contributed by atoms with Crippen molar-refractivity contribution in [3.8, 4) is 45.8 Å². The van der Waals surface area contributed by atoms with Crippen LogP contribution in [0.2, 0.25) is 0 Å². The van der Waals surface area contributed by atoms with Gasteiger partial charge < -0.3 is 79.5 Å². The summed E-state index contributed by atoms with van der Waals surface area (Å²) in [7, 11) is 0. The number of aliphatic hydroxyl groups excluding tert-OH is 6. The summed E-state index contributed by atoms with van der Waals surface area (Å²) < 4.78 is 27.8. The number of aliphatic hydroxyl groups is 6. The molecule has 2 saturated heterocycles. The highest BCUT2D eigenvalue weighted by molar-refractivity contribution is 5.88.